The van der Waals surface area contributed by atoms with E-state index in [1.54, 1.807) is 0 Å². The Kier molecular flexibility index (Phi) is 5.88. The van der Waals surface area contributed by atoms with Crippen LogP contribution in [-0.4, -0.2) is 37.0 Å². The highest BCUT2D eigenvalue weighted by Gasteiger charge is 2.19. The van der Waals surface area contributed by atoms with Crippen LogP contribution in [0.1, 0.15) is 6.92 Å². The largest absolute Gasteiger partial charge is 0.507 e. The number of hydrogen-bond donors (Lipinski definition) is 5. The number of nitrogens with two attached hydrogens (primary N) is 1. The molecule has 1 amide bonds. The lowest BCUT2D eigenvalue weighted by Gasteiger charge is -2.09. The van der Waals surface area contributed by atoms with Crippen molar-refractivity contribution in [3.63, 3.8) is 0 Å². The predicted molar refractivity (Wildman–Crippen MR) is 115 cm³/mol. The van der Waals surface area contributed by atoms with Crippen molar-refractivity contribution in [2.24, 2.45) is 10.2 Å². The Bertz CT molecular complexity index is 1500. The SMILES string of the molecule is CC(=O)Nc1ccc(N=Nc2c(N)ccc3cc(S(=O)(=O)O)cc(O)c23)c(S(=O)(=O)O)c1. The summed E-state index contributed by atoms with van der Waals surface area (Å²) in [6.45, 7) is 1.21. The van der Waals surface area contributed by atoms with Crippen molar-refractivity contribution in [1.82, 2.24) is 0 Å². The van der Waals surface area contributed by atoms with Gasteiger partial charge in [0.05, 0.1) is 16.0 Å². The molecule has 0 aliphatic carbocycles. The Morgan fingerprint density at radius 2 is 1.66 bits per heavy atom. The van der Waals surface area contributed by atoms with Gasteiger partial charge in [-0.2, -0.15) is 16.8 Å². The van der Waals surface area contributed by atoms with Gasteiger partial charge in [-0.1, -0.05) is 6.07 Å². The summed E-state index contributed by atoms with van der Waals surface area (Å²) in [5.74, 6) is -1.05. The van der Waals surface area contributed by atoms with Crippen LogP contribution in [0, 0.1) is 0 Å². The van der Waals surface area contributed by atoms with Gasteiger partial charge < -0.3 is 16.2 Å². The quantitative estimate of drug-likeness (QED) is 0.206. The zero-order chi connectivity index (χ0) is 23.8. The molecule has 0 saturated heterocycles. The number of benzene rings is 3. The molecular weight excluding hydrogens is 464 g/mol. The Hall–Kier alpha value is -3.59. The summed E-state index contributed by atoms with van der Waals surface area (Å²) < 4.78 is 65.0. The molecule has 0 fully saturated rings. The third kappa shape index (κ3) is 4.83. The summed E-state index contributed by atoms with van der Waals surface area (Å²) in [5, 5.41) is 20.5. The Morgan fingerprint density at radius 3 is 2.25 bits per heavy atom. The van der Waals surface area contributed by atoms with Gasteiger partial charge in [-0.15, -0.1) is 10.2 Å². The lowest BCUT2D eigenvalue weighted by molar-refractivity contribution is -0.114. The number of carbonyl (C=O) groups excluding carboxylic acids is 1. The monoisotopic (exact) mass is 480 g/mol. The summed E-state index contributed by atoms with van der Waals surface area (Å²) in [5.41, 5.74) is 5.58. The number of nitrogens with one attached hydrogen (secondary N) is 1. The fourth-order valence-electron chi connectivity index (χ4n) is 2.86. The third-order valence-electron chi connectivity index (χ3n) is 4.19. The van der Waals surface area contributed by atoms with Crippen molar-refractivity contribution >= 4 is 59.7 Å². The van der Waals surface area contributed by atoms with Gasteiger partial charge in [0.15, 0.2) is 0 Å². The molecule has 168 valence electrons. The normalized spacial score (nSPS) is 12.3. The molecule has 32 heavy (non-hydrogen) atoms. The molecule has 0 radical (unpaired) electrons. The maximum absolute atomic E-state index is 11.8. The van der Waals surface area contributed by atoms with Crippen LogP contribution >= 0.6 is 0 Å². The number of amides is 1. The molecule has 3 aromatic carbocycles. The minimum absolute atomic E-state index is 0.00979. The maximum Gasteiger partial charge on any atom is 0.296 e. The van der Waals surface area contributed by atoms with Crippen LogP contribution in [0.25, 0.3) is 10.8 Å². The molecule has 3 rings (SSSR count). The van der Waals surface area contributed by atoms with E-state index in [2.05, 4.69) is 15.5 Å². The molecule has 0 saturated carbocycles. The Balaban J connectivity index is 2.19. The van der Waals surface area contributed by atoms with Crippen molar-refractivity contribution in [3.8, 4) is 5.75 Å². The Morgan fingerprint density at radius 1 is 0.969 bits per heavy atom. The van der Waals surface area contributed by atoms with Gasteiger partial charge in [-0.05, 0) is 35.7 Å². The first-order valence-electron chi connectivity index (χ1n) is 8.61. The lowest BCUT2D eigenvalue weighted by Crippen LogP contribution is -2.07. The number of phenols is 1. The van der Waals surface area contributed by atoms with Crippen molar-refractivity contribution in [2.75, 3.05) is 11.1 Å². The second kappa shape index (κ2) is 8.16. The van der Waals surface area contributed by atoms with Gasteiger partial charge in [0.25, 0.3) is 20.2 Å². The standard InChI is InChI=1S/C18H16N4O8S2/c1-9(23)20-11-3-5-14(16(7-11)32(28,29)30)21-22-18-13(19)4-2-10-6-12(31(25,26)27)8-15(24)17(10)18/h2-8,24H,19H2,1H3,(H,20,23)(H,25,26,27)(H,28,29,30). The van der Waals surface area contributed by atoms with Crippen molar-refractivity contribution in [2.45, 2.75) is 16.7 Å². The van der Waals surface area contributed by atoms with E-state index < -0.39 is 41.7 Å². The number of rotatable bonds is 5. The lowest BCUT2D eigenvalue weighted by atomic mass is 10.1. The zero-order valence-corrected chi connectivity index (χ0v) is 17.8. The van der Waals surface area contributed by atoms with Crippen LogP contribution in [0.3, 0.4) is 0 Å². The number of hydrogen-bond acceptors (Lipinski definition) is 9. The fraction of sp³-hybridized carbons (Fsp3) is 0.0556. The van der Waals surface area contributed by atoms with Crippen molar-refractivity contribution in [1.29, 1.82) is 0 Å². The minimum Gasteiger partial charge on any atom is -0.507 e. The van der Waals surface area contributed by atoms with Crippen LogP contribution < -0.4 is 11.1 Å². The summed E-state index contributed by atoms with van der Waals surface area (Å²) in [6.07, 6.45) is 0. The van der Waals surface area contributed by atoms with Crippen LogP contribution in [0.5, 0.6) is 5.75 Å². The number of nitrogens with zero attached hydrogens (tertiary/aromatic N) is 2. The third-order valence-corrected chi connectivity index (χ3v) is 5.90. The predicted octanol–water partition coefficient (Wildman–Crippen LogP) is 2.99. The first-order chi connectivity index (χ1) is 14.8. The summed E-state index contributed by atoms with van der Waals surface area (Å²) >= 11 is 0. The molecule has 6 N–H and O–H groups in total. The number of nitrogen functional groups attached to an aromatic ring is 1. The van der Waals surface area contributed by atoms with Crippen LogP contribution in [0.4, 0.5) is 22.7 Å². The maximum atomic E-state index is 11.8. The van der Waals surface area contributed by atoms with E-state index in [1.165, 1.54) is 31.2 Å². The molecule has 0 aliphatic rings. The molecule has 0 aliphatic heterocycles. The first kappa shape index (κ1) is 23.1. The second-order valence-electron chi connectivity index (χ2n) is 6.56. The van der Waals surface area contributed by atoms with E-state index in [0.29, 0.717) is 0 Å². The summed E-state index contributed by atoms with van der Waals surface area (Å²) in [6, 6.07) is 8.07. The molecular formula is C18H16N4O8S2. The molecule has 0 unspecified atom stereocenters. The number of carbonyl (C=O) groups is 1. The molecule has 0 aromatic heterocycles. The number of aromatic hydroxyl groups is 1. The van der Waals surface area contributed by atoms with Gasteiger partial charge in [-0.3, -0.25) is 13.9 Å². The van der Waals surface area contributed by atoms with Crippen LogP contribution in [0.2, 0.25) is 0 Å². The van der Waals surface area contributed by atoms with Crippen LogP contribution in [-0.2, 0) is 25.0 Å². The molecule has 0 spiro atoms. The van der Waals surface area contributed by atoms with E-state index >= 15 is 0 Å². The van der Waals surface area contributed by atoms with Gasteiger partial charge in [0.2, 0.25) is 5.91 Å². The van der Waals surface area contributed by atoms with E-state index in [9.17, 15) is 35.8 Å². The molecule has 0 heterocycles. The van der Waals surface area contributed by atoms with E-state index in [1.807, 2.05) is 0 Å². The van der Waals surface area contributed by atoms with Gasteiger partial charge in [0, 0.05) is 18.7 Å². The smallest absolute Gasteiger partial charge is 0.296 e. The topological polar surface area (TPSA) is 209 Å². The van der Waals surface area contributed by atoms with Crippen LogP contribution in [0.15, 0.2) is 62.5 Å². The fourth-order valence-corrected chi connectivity index (χ4v) is 4.04. The second-order valence-corrected chi connectivity index (χ2v) is 9.37. The minimum atomic E-state index is -4.76. The number of phenolic OH excluding ortho intramolecular Hbond substituents is 1. The highest BCUT2D eigenvalue weighted by molar-refractivity contribution is 7.86. The number of azo groups is 1. The van der Waals surface area contributed by atoms with Crippen molar-refractivity contribution in [3.05, 3.63) is 42.5 Å². The average molecular weight is 480 g/mol. The Labute approximate surface area is 181 Å². The van der Waals surface area contributed by atoms with E-state index in [0.717, 1.165) is 18.2 Å². The molecule has 14 heteroatoms. The van der Waals surface area contributed by atoms with E-state index in [4.69, 9.17) is 5.73 Å². The summed E-state index contributed by atoms with van der Waals surface area (Å²) in [7, 11) is -9.36. The van der Waals surface area contributed by atoms with E-state index in [-0.39, 0.29) is 33.5 Å². The van der Waals surface area contributed by atoms with Crippen molar-refractivity contribution < 1.29 is 35.8 Å². The molecule has 3 aromatic rings. The van der Waals surface area contributed by atoms with Gasteiger partial charge >= 0.3 is 0 Å². The zero-order valence-electron chi connectivity index (χ0n) is 16.2. The molecule has 0 bridgehead atoms. The molecule has 0 atom stereocenters. The van der Waals surface area contributed by atoms with Gasteiger partial charge in [-0.25, -0.2) is 0 Å². The highest BCUT2D eigenvalue weighted by Crippen LogP contribution is 2.40. The number of anilines is 2. The molecule has 12 nitrogen and oxygen atoms in total. The average Bonchev–Trinajstić information content (AvgIpc) is 2.66. The summed E-state index contributed by atoms with van der Waals surface area (Å²) in [4.78, 5) is 9.99. The first-order valence-corrected chi connectivity index (χ1v) is 11.5. The van der Waals surface area contributed by atoms with Gasteiger partial charge in [0.1, 0.15) is 22.0 Å². The number of fused-ring (bicyclic) bond motifs is 1. The highest BCUT2D eigenvalue weighted by atomic mass is 32.2.